The van der Waals surface area contributed by atoms with E-state index in [0.29, 0.717) is 11.1 Å². The molecule has 3 aromatic rings. The summed E-state index contributed by atoms with van der Waals surface area (Å²) >= 11 is 1.39. The third-order valence-corrected chi connectivity index (χ3v) is 6.34. The molecule has 1 aromatic heterocycles. The molecule has 29 heavy (non-hydrogen) atoms. The zero-order valence-electron chi connectivity index (χ0n) is 17.1. The Morgan fingerprint density at radius 1 is 1.10 bits per heavy atom. The van der Waals surface area contributed by atoms with Gasteiger partial charge < -0.3 is 4.90 Å². The molecule has 0 aliphatic carbocycles. The molecule has 1 aliphatic heterocycles. The molecule has 0 spiro atoms. The zero-order valence-corrected chi connectivity index (χ0v) is 17.9. The summed E-state index contributed by atoms with van der Waals surface area (Å²) in [6, 6.07) is 16.5. The highest BCUT2D eigenvalue weighted by Gasteiger charge is 2.34. The number of rotatable bonds is 5. The van der Waals surface area contributed by atoms with Crippen molar-refractivity contribution in [1.82, 2.24) is 20.2 Å². The second-order valence-electron chi connectivity index (χ2n) is 7.77. The zero-order chi connectivity index (χ0) is 20.5. The standard InChI is InChI=1S/C22H25N5OS/c1-14(2)17-9-11-19(12-10-17)27-22(23-24-25-27)29-16(4)21(28)26-15(3)13-18-7-5-6-8-20(18)26/h5-12,14-16H,13H2,1-4H3/t15-,16-/m1/s1. The fourth-order valence-electron chi connectivity index (χ4n) is 3.72. The summed E-state index contributed by atoms with van der Waals surface area (Å²) in [7, 11) is 0. The van der Waals surface area contributed by atoms with Crippen LogP contribution in [0.15, 0.2) is 53.7 Å². The minimum Gasteiger partial charge on any atom is -0.308 e. The van der Waals surface area contributed by atoms with Gasteiger partial charge in [-0.25, -0.2) is 0 Å². The van der Waals surface area contributed by atoms with Crippen LogP contribution >= 0.6 is 11.8 Å². The summed E-state index contributed by atoms with van der Waals surface area (Å²) in [6.07, 6.45) is 0.888. The van der Waals surface area contributed by atoms with E-state index >= 15 is 0 Å². The highest BCUT2D eigenvalue weighted by Crippen LogP contribution is 2.34. The Kier molecular flexibility index (Phi) is 5.41. The monoisotopic (exact) mass is 407 g/mol. The molecule has 0 N–H and O–H groups in total. The van der Waals surface area contributed by atoms with Crippen molar-refractivity contribution >= 4 is 23.4 Å². The van der Waals surface area contributed by atoms with Gasteiger partial charge in [0.1, 0.15) is 0 Å². The summed E-state index contributed by atoms with van der Waals surface area (Å²) in [6.45, 7) is 8.34. The van der Waals surface area contributed by atoms with Crippen molar-refractivity contribution < 1.29 is 4.79 Å². The van der Waals surface area contributed by atoms with Gasteiger partial charge in [0, 0.05) is 11.7 Å². The molecular weight excluding hydrogens is 382 g/mol. The molecule has 7 heteroatoms. The topological polar surface area (TPSA) is 63.9 Å². The number of anilines is 1. The van der Waals surface area contributed by atoms with E-state index in [1.165, 1.54) is 22.9 Å². The molecule has 2 aromatic carbocycles. The number of hydrogen-bond donors (Lipinski definition) is 0. The first-order chi connectivity index (χ1) is 14.0. The van der Waals surface area contributed by atoms with Crippen LogP contribution in [0.2, 0.25) is 0 Å². The first-order valence-corrected chi connectivity index (χ1v) is 10.8. The largest absolute Gasteiger partial charge is 0.308 e. The van der Waals surface area contributed by atoms with Gasteiger partial charge >= 0.3 is 0 Å². The van der Waals surface area contributed by atoms with Crippen molar-refractivity contribution in [1.29, 1.82) is 0 Å². The van der Waals surface area contributed by atoms with Gasteiger partial charge in [-0.2, -0.15) is 4.68 Å². The van der Waals surface area contributed by atoms with Crippen LogP contribution in [0.5, 0.6) is 0 Å². The van der Waals surface area contributed by atoms with E-state index in [2.05, 4.69) is 54.5 Å². The number of aromatic nitrogens is 4. The highest BCUT2D eigenvalue weighted by atomic mass is 32.2. The number of carbonyl (C=O) groups excluding carboxylic acids is 1. The second kappa shape index (κ2) is 7.99. The van der Waals surface area contributed by atoms with Crippen LogP contribution in [0.3, 0.4) is 0 Å². The first kappa shape index (κ1) is 19.6. The first-order valence-electron chi connectivity index (χ1n) is 9.92. The van der Waals surface area contributed by atoms with Crippen molar-refractivity contribution in [2.24, 2.45) is 0 Å². The molecule has 150 valence electrons. The third kappa shape index (κ3) is 3.79. The summed E-state index contributed by atoms with van der Waals surface area (Å²) in [5.74, 6) is 0.548. The predicted octanol–water partition coefficient (Wildman–Crippen LogP) is 4.24. The molecule has 0 fully saturated rings. The maximum Gasteiger partial charge on any atom is 0.240 e. The maximum absolute atomic E-state index is 13.2. The van der Waals surface area contributed by atoms with Crippen molar-refractivity contribution in [3.05, 3.63) is 59.7 Å². The molecular formula is C22H25N5OS. The lowest BCUT2D eigenvalue weighted by Gasteiger charge is -2.25. The number of para-hydroxylation sites is 1. The van der Waals surface area contributed by atoms with Crippen molar-refractivity contribution in [2.75, 3.05) is 4.90 Å². The normalized spacial score (nSPS) is 16.9. The molecule has 1 aliphatic rings. The Hall–Kier alpha value is -2.67. The number of carbonyl (C=O) groups is 1. The molecule has 6 nitrogen and oxygen atoms in total. The summed E-state index contributed by atoms with van der Waals surface area (Å²) in [5, 5.41) is 12.4. The van der Waals surface area contributed by atoms with E-state index in [1.807, 2.05) is 42.2 Å². The van der Waals surface area contributed by atoms with Gasteiger partial charge in [-0.15, -0.1) is 5.10 Å². The molecule has 2 atom stereocenters. The van der Waals surface area contributed by atoms with Gasteiger partial charge in [0.15, 0.2) is 0 Å². The molecule has 0 saturated carbocycles. The molecule has 0 saturated heterocycles. The maximum atomic E-state index is 13.2. The average Bonchev–Trinajstić information content (AvgIpc) is 3.30. The van der Waals surface area contributed by atoms with Crippen molar-refractivity contribution in [2.45, 2.75) is 56.5 Å². The third-order valence-electron chi connectivity index (χ3n) is 5.32. The van der Waals surface area contributed by atoms with E-state index in [1.54, 1.807) is 4.68 Å². The molecule has 2 heterocycles. The molecule has 1 amide bonds. The number of fused-ring (bicyclic) bond motifs is 1. The van der Waals surface area contributed by atoms with Crippen LogP contribution < -0.4 is 4.90 Å². The lowest BCUT2D eigenvalue weighted by atomic mass is 10.0. The van der Waals surface area contributed by atoms with Crippen LogP contribution in [0.25, 0.3) is 5.69 Å². The number of amides is 1. The minimum atomic E-state index is -0.303. The molecule has 0 bridgehead atoms. The molecule has 4 rings (SSSR count). The van der Waals surface area contributed by atoms with Crippen molar-refractivity contribution in [3.8, 4) is 5.69 Å². The van der Waals surface area contributed by atoms with Gasteiger partial charge in [0.05, 0.1) is 10.9 Å². The number of nitrogens with zero attached hydrogens (tertiary/aromatic N) is 5. The van der Waals surface area contributed by atoms with Crippen LogP contribution in [-0.4, -0.2) is 37.4 Å². The number of benzene rings is 2. The number of thioether (sulfide) groups is 1. The summed E-state index contributed by atoms with van der Waals surface area (Å²) < 4.78 is 1.69. The Labute approximate surface area is 175 Å². The van der Waals surface area contributed by atoms with E-state index in [4.69, 9.17) is 0 Å². The minimum absolute atomic E-state index is 0.0807. The number of hydrogen-bond acceptors (Lipinski definition) is 5. The molecule has 0 radical (unpaired) electrons. The predicted molar refractivity (Wildman–Crippen MR) is 116 cm³/mol. The van der Waals surface area contributed by atoms with Gasteiger partial charge in [-0.05, 0) is 65.9 Å². The fraction of sp³-hybridized carbons (Fsp3) is 0.364. The summed E-state index contributed by atoms with van der Waals surface area (Å²) in [5.41, 5.74) is 4.39. The lowest BCUT2D eigenvalue weighted by Crippen LogP contribution is -2.40. The van der Waals surface area contributed by atoms with Gasteiger partial charge in [-0.1, -0.05) is 55.9 Å². The van der Waals surface area contributed by atoms with Crippen LogP contribution in [0, 0.1) is 0 Å². The van der Waals surface area contributed by atoms with E-state index in [9.17, 15) is 4.79 Å². The van der Waals surface area contributed by atoms with Crippen LogP contribution in [-0.2, 0) is 11.2 Å². The summed E-state index contributed by atoms with van der Waals surface area (Å²) in [4.78, 5) is 15.2. The Morgan fingerprint density at radius 2 is 1.83 bits per heavy atom. The SMILES string of the molecule is CC(C)c1ccc(-n2nnnc2S[C@H](C)C(=O)N2c3ccccc3C[C@H]2C)cc1. The smallest absolute Gasteiger partial charge is 0.240 e. The average molecular weight is 408 g/mol. The highest BCUT2D eigenvalue weighted by molar-refractivity contribution is 8.00. The van der Waals surface area contributed by atoms with E-state index in [0.717, 1.165) is 17.8 Å². The second-order valence-corrected chi connectivity index (χ2v) is 9.08. The van der Waals surface area contributed by atoms with Crippen LogP contribution in [0.4, 0.5) is 5.69 Å². The van der Waals surface area contributed by atoms with Crippen LogP contribution in [0.1, 0.15) is 44.7 Å². The van der Waals surface area contributed by atoms with Gasteiger partial charge in [0.25, 0.3) is 0 Å². The Balaban J connectivity index is 1.53. The van der Waals surface area contributed by atoms with E-state index < -0.39 is 0 Å². The van der Waals surface area contributed by atoms with E-state index in [-0.39, 0.29) is 17.2 Å². The van der Waals surface area contributed by atoms with Crippen molar-refractivity contribution in [3.63, 3.8) is 0 Å². The Morgan fingerprint density at radius 3 is 2.55 bits per heavy atom. The van der Waals surface area contributed by atoms with Gasteiger partial charge in [-0.3, -0.25) is 4.79 Å². The van der Waals surface area contributed by atoms with Gasteiger partial charge in [0.2, 0.25) is 11.1 Å². The lowest BCUT2D eigenvalue weighted by molar-refractivity contribution is -0.118. The molecule has 0 unspecified atom stereocenters. The Bertz CT molecular complexity index is 1010. The quantitative estimate of drug-likeness (QED) is 0.592. The number of tetrazole rings is 1. The fourth-order valence-corrected chi connectivity index (χ4v) is 4.58.